The number of rotatable bonds is 2. The highest BCUT2D eigenvalue weighted by Gasteiger charge is 2.59. The van der Waals surface area contributed by atoms with E-state index in [2.05, 4.69) is 38.7 Å². The smallest absolute Gasteiger partial charge is 0.0765 e. The Labute approximate surface area is 207 Å². The zero-order chi connectivity index (χ0) is 23.8. The number of hydrogen-bond acceptors (Lipinski definition) is 4. The summed E-state index contributed by atoms with van der Waals surface area (Å²) in [5, 5.41) is 10.3. The van der Waals surface area contributed by atoms with Crippen molar-refractivity contribution in [3.8, 4) is 0 Å². The van der Waals surface area contributed by atoms with Crippen molar-refractivity contribution >= 4 is 0 Å². The summed E-state index contributed by atoms with van der Waals surface area (Å²) >= 11 is 0. The van der Waals surface area contributed by atoms with Crippen LogP contribution in [-0.2, 0) is 4.74 Å². The third kappa shape index (κ3) is 3.45. The minimum atomic E-state index is -0.116. The average Bonchev–Trinajstić information content (AvgIpc) is 3.25. The highest BCUT2D eigenvalue weighted by molar-refractivity contribution is 5.34. The molecule has 4 heteroatoms. The van der Waals surface area contributed by atoms with E-state index in [4.69, 9.17) is 10.5 Å². The summed E-state index contributed by atoms with van der Waals surface area (Å²) in [6, 6.07) is 0.538. The fourth-order valence-electron chi connectivity index (χ4n) is 10.0. The zero-order valence-electron chi connectivity index (χ0n) is 22.1. The highest BCUT2D eigenvalue weighted by atomic mass is 16.5. The molecule has 6 rings (SSSR count). The van der Waals surface area contributed by atoms with Gasteiger partial charge in [0.2, 0.25) is 0 Å². The molecule has 3 N–H and O–H groups in total. The van der Waals surface area contributed by atoms with E-state index in [9.17, 15) is 5.11 Å². The van der Waals surface area contributed by atoms with E-state index in [0.29, 0.717) is 29.4 Å². The highest BCUT2D eigenvalue weighted by Crippen LogP contribution is 2.63. The van der Waals surface area contributed by atoms with Crippen molar-refractivity contribution in [3.05, 3.63) is 22.8 Å². The molecule has 2 aliphatic heterocycles. The molecule has 10 atom stereocenters. The molecule has 2 saturated heterocycles. The van der Waals surface area contributed by atoms with Crippen LogP contribution in [0.3, 0.4) is 0 Å². The van der Waals surface area contributed by atoms with Crippen molar-refractivity contribution in [2.45, 2.75) is 109 Å². The van der Waals surface area contributed by atoms with Gasteiger partial charge in [0.25, 0.3) is 0 Å². The molecule has 0 unspecified atom stereocenters. The molecule has 4 nitrogen and oxygen atoms in total. The number of nitrogens with two attached hydrogens (primary N) is 1. The molecular weight excluding hydrogens is 420 g/mol. The first-order valence-electron chi connectivity index (χ1n) is 14.4. The molecule has 0 bridgehead atoms. The maximum absolute atomic E-state index is 10.3. The predicted molar refractivity (Wildman–Crippen MR) is 137 cm³/mol. The Kier molecular flexibility index (Phi) is 5.88. The van der Waals surface area contributed by atoms with E-state index in [0.717, 1.165) is 50.1 Å². The minimum absolute atomic E-state index is 0.0116. The summed E-state index contributed by atoms with van der Waals surface area (Å²) in [5.41, 5.74) is 11.4. The first-order valence-corrected chi connectivity index (χ1v) is 14.4. The standard InChI is InChI=1S/C30H48N2O2/c1-18-13-27-28(32(17-18)12-11-31)20(3)30(34-27)10-8-23-24-6-5-21-14-22(33)7-9-29(21,4)26(24)15-25(23)19(2)16-30/h5,18,20,22-24,26-28,33H,6-17,31H2,1-4H3/t18-,20+,22-,23-,24-,26-,27+,28-,29-,30-/m0/s1. The lowest BCUT2D eigenvalue weighted by Crippen LogP contribution is -2.53. The molecule has 6 aliphatic rings. The number of allylic oxidation sites excluding steroid dienone is 2. The Hall–Kier alpha value is -0.680. The van der Waals surface area contributed by atoms with Crippen LogP contribution in [-0.4, -0.2) is 53.5 Å². The van der Waals surface area contributed by atoms with Crippen molar-refractivity contribution in [1.29, 1.82) is 0 Å². The van der Waals surface area contributed by atoms with E-state index >= 15 is 0 Å². The predicted octanol–water partition coefficient (Wildman–Crippen LogP) is 5.06. The maximum atomic E-state index is 10.3. The van der Waals surface area contributed by atoms with Crippen LogP contribution in [0.5, 0.6) is 0 Å². The third-order valence-electron chi connectivity index (χ3n) is 11.7. The van der Waals surface area contributed by atoms with Crippen LogP contribution in [0.15, 0.2) is 22.8 Å². The van der Waals surface area contributed by atoms with Crippen LogP contribution in [0.1, 0.15) is 85.5 Å². The van der Waals surface area contributed by atoms with Gasteiger partial charge in [0, 0.05) is 31.6 Å². The van der Waals surface area contributed by atoms with Gasteiger partial charge in [-0.1, -0.05) is 43.6 Å². The Morgan fingerprint density at radius 3 is 2.82 bits per heavy atom. The molecule has 190 valence electrons. The number of aliphatic hydroxyl groups is 1. The Morgan fingerprint density at radius 2 is 2.03 bits per heavy atom. The molecule has 1 spiro atoms. The molecule has 2 saturated carbocycles. The number of aliphatic hydroxyl groups excluding tert-OH is 1. The lowest BCUT2D eigenvalue weighted by molar-refractivity contribution is -0.0790. The fourth-order valence-corrected chi connectivity index (χ4v) is 10.0. The lowest BCUT2D eigenvalue weighted by Gasteiger charge is -2.49. The first-order chi connectivity index (χ1) is 16.3. The summed E-state index contributed by atoms with van der Waals surface area (Å²) < 4.78 is 7.17. The molecule has 0 aromatic heterocycles. The second-order valence-electron chi connectivity index (χ2n) is 13.5. The largest absolute Gasteiger partial charge is 0.393 e. The van der Waals surface area contributed by atoms with Gasteiger partial charge in [0.15, 0.2) is 0 Å². The van der Waals surface area contributed by atoms with E-state index in [1.807, 2.05) is 0 Å². The third-order valence-corrected chi connectivity index (χ3v) is 11.7. The Balaban J connectivity index is 1.27. The quantitative estimate of drug-likeness (QED) is 0.556. The van der Waals surface area contributed by atoms with Gasteiger partial charge in [0.05, 0.1) is 17.8 Å². The van der Waals surface area contributed by atoms with Crippen molar-refractivity contribution in [2.75, 3.05) is 19.6 Å². The minimum Gasteiger partial charge on any atom is -0.393 e. The van der Waals surface area contributed by atoms with Crippen LogP contribution in [0.2, 0.25) is 0 Å². The van der Waals surface area contributed by atoms with Gasteiger partial charge >= 0.3 is 0 Å². The van der Waals surface area contributed by atoms with E-state index < -0.39 is 0 Å². The second-order valence-corrected chi connectivity index (χ2v) is 13.5. The molecule has 4 fully saturated rings. The maximum Gasteiger partial charge on any atom is 0.0765 e. The molecule has 0 amide bonds. The van der Waals surface area contributed by atoms with Crippen molar-refractivity contribution < 1.29 is 9.84 Å². The van der Waals surface area contributed by atoms with Gasteiger partial charge in [-0.25, -0.2) is 0 Å². The summed E-state index contributed by atoms with van der Waals surface area (Å²) in [6.07, 6.45) is 13.2. The second kappa shape index (κ2) is 8.43. The molecular formula is C30H48N2O2. The molecule has 0 radical (unpaired) electrons. The first kappa shape index (κ1) is 23.7. The number of ether oxygens (including phenoxy) is 1. The van der Waals surface area contributed by atoms with Crippen molar-refractivity contribution in [3.63, 3.8) is 0 Å². The van der Waals surface area contributed by atoms with Crippen LogP contribution >= 0.6 is 0 Å². The summed E-state index contributed by atoms with van der Waals surface area (Å²) in [6.45, 7) is 12.8. The number of piperidine rings is 1. The van der Waals surface area contributed by atoms with Gasteiger partial charge in [-0.05, 0) is 93.8 Å². The van der Waals surface area contributed by atoms with Gasteiger partial charge in [0.1, 0.15) is 0 Å². The Morgan fingerprint density at radius 1 is 1.21 bits per heavy atom. The molecule has 0 aromatic rings. The number of nitrogens with zero attached hydrogens (tertiary/aromatic N) is 1. The SMILES string of the molecule is CC1=C2C[C@H]3[C@@H](CC=C4C[C@@H](O)CC[C@@]43C)[C@@H]2CC[C@@]2(C1)O[C@@H]1C[C@H](C)CN(CCN)[C@H]1[C@H]2C. The Bertz CT molecular complexity index is 881. The molecule has 2 heterocycles. The summed E-state index contributed by atoms with van der Waals surface area (Å²) in [5.74, 6) is 3.56. The van der Waals surface area contributed by atoms with E-state index in [1.165, 1.54) is 45.1 Å². The number of fused-ring (bicyclic) bond motifs is 6. The van der Waals surface area contributed by atoms with E-state index in [-0.39, 0.29) is 11.7 Å². The average molecular weight is 469 g/mol. The summed E-state index contributed by atoms with van der Waals surface area (Å²) in [4.78, 5) is 2.67. The van der Waals surface area contributed by atoms with Crippen molar-refractivity contribution in [1.82, 2.24) is 4.90 Å². The van der Waals surface area contributed by atoms with Gasteiger partial charge in [-0.3, -0.25) is 4.90 Å². The zero-order valence-corrected chi connectivity index (χ0v) is 22.1. The number of likely N-dealkylation sites (tertiary alicyclic amines) is 1. The van der Waals surface area contributed by atoms with Crippen LogP contribution in [0.4, 0.5) is 0 Å². The number of hydrogen-bond donors (Lipinski definition) is 2. The topological polar surface area (TPSA) is 58.7 Å². The van der Waals surface area contributed by atoms with Crippen LogP contribution < -0.4 is 5.73 Å². The molecule has 34 heavy (non-hydrogen) atoms. The van der Waals surface area contributed by atoms with Gasteiger partial charge in [-0.15, -0.1) is 0 Å². The van der Waals surface area contributed by atoms with E-state index in [1.54, 1.807) is 16.7 Å². The fraction of sp³-hybridized carbons (Fsp3) is 0.867. The molecule has 4 aliphatic carbocycles. The summed E-state index contributed by atoms with van der Waals surface area (Å²) in [7, 11) is 0. The van der Waals surface area contributed by atoms with Gasteiger partial charge in [-0.2, -0.15) is 0 Å². The van der Waals surface area contributed by atoms with Crippen molar-refractivity contribution in [2.24, 2.45) is 40.7 Å². The van der Waals surface area contributed by atoms with Crippen LogP contribution in [0.25, 0.3) is 0 Å². The van der Waals surface area contributed by atoms with Gasteiger partial charge < -0.3 is 15.6 Å². The van der Waals surface area contributed by atoms with Crippen LogP contribution in [0, 0.1) is 35.0 Å². The molecule has 0 aromatic carbocycles. The monoisotopic (exact) mass is 468 g/mol. The normalized spacial score (nSPS) is 50.9. The lowest BCUT2D eigenvalue weighted by atomic mass is 9.56.